The number of nitrogens with zero attached hydrogens (tertiary/aromatic N) is 1. The summed E-state index contributed by atoms with van der Waals surface area (Å²) in [6.07, 6.45) is -4.41. The van der Waals surface area contributed by atoms with Gasteiger partial charge in [0.15, 0.2) is 0 Å². The average Bonchev–Trinajstić information content (AvgIpc) is 2.25. The number of aliphatic hydroxyl groups excluding tert-OH is 1. The third-order valence-electron chi connectivity index (χ3n) is 2.57. The second-order valence-corrected chi connectivity index (χ2v) is 4.72. The van der Waals surface area contributed by atoms with E-state index < -0.39 is 11.7 Å². The lowest BCUT2D eigenvalue weighted by molar-refractivity contribution is -0.137. The molecule has 0 spiro atoms. The van der Waals surface area contributed by atoms with Crippen LogP contribution in [0.4, 0.5) is 18.9 Å². The predicted octanol–water partition coefficient (Wildman–Crippen LogP) is 3.28. The van der Waals surface area contributed by atoms with Gasteiger partial charge in [0.05, 0.1) is 12.2 Å². The van der Waals surface area contributed by atoms with Crippen molar-refractivity contribution >= 4 is 21.6 Å². The van der Waals surface area contributed by atoms with Gasteiger partial charge in [0, 0.05) is 23.2 Å². The summed E-state index contributed by atoms with van der Waals surface area (Å²) in [5.74, 6) is 0. The van der Waals surface area contributed by atoms with Gasteiger partial charge in [-0.05, 0) is 25.1 Å². The van der Waals surface area contributed by atoms with Crippen molar-refractivity contribution in [3.05, 3.63) is 28.2 Å². The van der Waals surface area contributed by atoms with Crippen molar-refractivity contribution in [1.29, 1.82) is 0 Å². The molecule has 96 valence electrons. The first-order chi connectivity index (χ1) is 7.77. The molecule has 0 bridgehead atoms. The number of rotatable bonds is 3. The molecule has 0 saturated heterocycles. The fourth-order valence-corrected chi connectivity index (χ4v) is 1.76. The Balaban J connectivity index is 3.24. The fraction of sp³-hybridized carbons (Fsp3) is 0.455. The van der Waals surface area contributed by atoms with Crippen molar-refractivity contribution in [3.8, 4) is 0 Å². The molecule has 0 aliphatic rings. The number of hydrogen-bond donors (Lipinski definition) is 1. The van der Waals surface area contributed by atoms with E-state index in [4.69, 9.17) is 5.11 Å². The zero-order valence-corrected chi connectivity index (χ0v) is 11.0. The quantitative estimate of drug-likeness (QED) is 0.926. The minimum Gasteiger partial charge on any atom is -0.394 e. The second kappa shape index (κ2) is 5.27. The lowest BCUT2D eigenvalue weighted by atomic mass is 10.1. The molecule has 0 aliphatic heterocycles. The number of benzene rings is 1. The molecule has 17 heavy (non-hydrogen) atoms. The summed E-state index contributed by atoms with van der Waals surface area (Å²) in [5.41, 5.74) is -0.656. The SMILES string of the molecule is CC(CO)N(C)c1ccc(Br)cc1C(F)(F)F. The Morgan fingerprint density at radius 2 is 2.00 bits per heavy atom. The molecule has 1 aromatic carbocycles. The Bertz CT molecular complexity index is 395. The highest BCUT2D eigenvalue weighted by atomic mass is 79.9. The van der Waals surface area contributed by atoms with Crippen LogP contribution in [0, 0.1) is 0 Å². The van der Waals surface area contributed by atoms with Crippen LogP contribution in [0.3, 0.4) is 0 Å². The number of likely N-dealkylation sites (N-methyl/N-ethyl adjacent to an activating group) is 1. The summed E-state index contributed by atoms with van der Waals surface area (Å²) in [7, 11) is 1.53. The van der Waals surface area contributed by atoms with Crippen molar-refractivity contribution in [1.82, 2.24) is 0 Å². The monoisotopic (exact) mass is 311 g/mol. The maximum absolute atomic E-state index is 12.8. The summed E-state index contributed by atoms with van der Waals surface area (Å²) < 4.78 is 38.9. The molecule has 0 aliphatic carbocycles. The van der Waals surface area contributed by atoms with Gasteiger partial charge in [0.1, 0.15) is 0 Å². The van der Waals surface area contributed by atoms with Gasteiger partial charge in [0.25, 0.3) is 0 Å². The second-order valence-electron chi connectivity index (χ2n) is 3.80. The first-order valence-corrected chi connectivity index (χ1v) is 5.77. The first-order valence-electron chi connectivity index (χ1n) is 4.97. The zero-order valence-electron chi connectivity index (χ0n) is 9.42. The standard InChI is InChI=1S/C11H13BrF3NO/c1-7(6-17)16(2)10-4-3-8(12)5-9(10)11(13,14)15/h3-5,7,17H,6H2,1-2H3. The van der Waals surface area contributed by atoms with Crippen LogP contribution in [-0.2, 0) is 6.18 Å². The molecule has 0 radical (unpaired) electrons. The lowest BCUT2D eigenvalue weighted by Gasteiger charge is -2.28. The summed E-state index contributed by atoms with van der Waals surface area (Å²) in [5, 5.41) is 8.98. The van der Waals surface area contributed by atoms with Gasteiger partial charge in [0.2, 0.25) is 0 Å². The molecule has 1 N–H and O–H groups in total. The van der Waals surface area contributed by atoms with Crippen LogP contribution in [0.2, 0.25) is 0 Å². The van der Waals surface area contributed by atoms with Crippen LogP contribution >= 0.6 is 15.9 Å². The van der Waals surface area contributed by atoms with Crippen molar-refractivity contribution in [2.24, 2.45) is 0 Å². The molecule has 0 fully saturated rings. The van der Waals surface area contributed by atoms with E-state index in [1.807, 2.05) is 0 Å². The van der Waals surface area contributed by atoms with E-state index in [0.717, 1.165) is 6.07 Å². The predicted molar refractivity (Wildman–Crippen MR) is 64.1 cm³/mol. The van der Waals surface area contributed by atoms with Crippen molar-refractivity contribution in [3.63, 3.8) is 0 Å². The Morgan fingerprint density at radius 1 is 1.41 bits per heavy atom. The third kappa shape index (κ3) is 3.35. The molecule has 0 saturated carbocycles. The maximum atomic E-state index is 12.8. The topological polar surface area (TPSA) is 23.5 Å². The normalized spacial score (nSPS) is 13.6. The molecule has 1 unspecified atom stereocenters. The molecular weight excluding hydrogens is 299 g/mol. The Kier molecular flexibility index (Phi) is 4.43. The van der Waals surface area contributed by atoms with Gasteiger partial charge in [-0.2, -0.15) is 13.2 Å². The third-order valence-corrected chi connectivity index (χ3v) is 3.06. The van der Waals surface area contributed by atoms with Gasteiger partial charge >= 0.3 is 6.18 Å². The summed E-state index contributed by atoms with van der Waals surface area (Å²) in [4.78, 5) is 1.41. The van der Waals surface area contributed by atoms with Crippen LogP contribution in [-0.4, -0.2) is 24.8 Å². The Hall–Kier alpha value is -0.750. The minimum absolute atomic E-state index is 0.0576. The van der Waals surface area contributed by atoms with Crippen molar-refractivity contribution < 1.29 is 18.3 Å². The molecule has 0 aromatic heterocycles. The zero-order chi connectivity index (χ0) is 13.2. The Morgan fingerprint density at radius 3 is 2.47 bits per heavy atom. The first kappa shape index (κ1) is 14.3. The minimum atomic E-state index is -4.41. The number of aliphatic hydroxyl groups is 1. The highest BCUT2D eigenvalue weighted by molar-refractivity contribution is 9.10. The van der Waals surface area contributed by atoms with E-state index >= 15 is 0 Å². The van der Waals surface area contributed by atoms with E-state index in [2.05, 4.69) is 15.9 Å². The van der Waals surface area contributed by atoms with Gasteiger partial charge in [-0.1, -0.05) is 15.9 Å². The van der Waals surface area contributed by atoms with Crippen LogP contribution < -0.4 is 4.90 Å². The average molecular weight is 312 g/mol. The number of alkyl halides is 3. The van der Waals surface area contributed by atoms with E-state index in [1.165, 1.54) is 18.0 Å². The van der Waals surface area contributed by atoms with E-state index in [9.17, 15) is 13.2 Å². The highest BCUT2D eigenvalue weighted by Gasteiger charge is 2.35. The van der Waals surface area contributed by atoms with E-state index in [0.29, 0.717) is 4.47 Å². The van der Waals surface area contributed by atoms with Crippen LogP contribution in [0.5, 0.6) is 0 Å². The van der Waals surface area contributed by atoms with Crippen molar-refractivity contribution in [2.45, 2.75) is 19.1 Å². The number of hydrogen-bond acceptors (Lipinski definition) is 2. The summed E-state index contributed by atoms with van der Waals surface area (Å²) >= 11 is 3.02. The van der Waals surface area contributed by atoms with Crippen LogP contribution in [0.15, 0.2) is 22.7 Å². The molecule has 0 heterocycles. The Labute approximate surface area is 106 Å². The van der Waals surface area contributed by atoms with Gasteiger partial charge in [-0.15, -0.1) is 0 Å². The molecule has 1 atom stereocenters. The summed E-state index contributed by atoms with van der Waals surface area (Å²) in [6, 6.07) is 3.59. The largest absolute Gasteiger partial charge is 0.418 e. The molecular formula is C11H13BrF3NO. The van der Waals surface area contributed by atoms with Gasteiger partial charge < -0.3 is 10.0 Å². The van der Waals surface area contributed by atoms with Crippen LogP contribution in [0.1, 0.15) is 12.5 Å². The molecule has 1 aromatic rings. The van der Waals surface area contributed by atoms with Crippen LogP contribution in [0.25, 0.3) is 0 Å². The van der Waals surface area contributed by atoms with E-state index in [-0.39, 0.29) is 18.3 Å². The maximum Gasteiger partial charge on any atom is 0.418 e. The fourth-order valence-electron chi connectivity index (χ4n) is 1.40. The smallest absolute Gasteiger partial charge is 0.394 e. The van der Waals surface area contributed by atoms with Crippen molar-refractivity contribution in [2.75, 3.05) is 18.6 Å². The number of anilines is 1. The molecule has 1 rings (SSSR count). The van der Waals surface area contributed by atoms with Gasteiger partial charge in [-0.3, -0.25) is 0 Å². The molecule has 0 amide bonds. The highest BCUT2D eigenvalue weighted by Crippen LogP contribution is 2.38. The molecule has 2 nitrogen and oxygen atoms in total. The lowest BCUT2D eigenvalue weighted by Crippen LogP contribution is -2.33. The van der Waals surface area contributed by atoms with E-state index in [1.54, 1.807) is 13.0 Å². The summed E-state index contributed by atoms with van der Waals surface area (Å²) in [6.45, 7) is 1.45. The molecule has 6 heteroatoms. The number of halogens is 4. The van der Waals surface area contributed by atoms with Gasteiger partial charge in [-0.25, -0.2) is 0 Å².